The highest BCUT2D eigenvalue weighted by molar-refractivity contribution is 9.10. The van der Waals surface area contributed by atoms with Crippen LogP contribution in [0.15, 0.2) is 53.0 Å². The number of hydrogen-bond acceptors (Lipinski definition) is 2. The van der Waals surface area contributed by atoms with Crippen molar-refractivity contribution in [1.82, 2.24) is 5.32 Å². The second-order valence-corrected chi connectivity index (χ2v) is 6.24. The monoisotopic (exact) mass is 377 g/mol. The van der Waals surface area contributed by atoms with Crippen LogP contribution in [0.2, 0.25) is 0 Å². The molecule has 5 heteroatoms. The van der Waals surface area contributed by atoms with Crippen LogP contribution in [0.5, 0.6) is 5.75 Å². The summed E-state index contributed by atoms with van der Waals surface area (Å²) in [7, 11) is 1.65. The van der Waals surface area contributed by atoms with Crippen molar-refractivity contribution in [2.24, 2.45) is 0 Å². The van der Waals surface area contributed by atoms with Gasteiger partial charge in [0.25, 0.3) is 5.91 Å². The third-order valence-corrected chi connectivity index (χ3v) is 4.31. The van der Waals surface area contributed by atoms with E-state index >= 15 is 0 Å². The summed E-state index contributed by atoms with van der Waals surface area (Å²) in [6.45, 7) is 3.05. The smallest absolute Gasteiger partial charge is 0.275 e. The minimum absolute atomic E-state index is 0.0354. The van der Waals surface area contributed by atoms with E-state index in [1.165, 1.54) is 0 Å². The average Bonchev–Trinajstić information content (AvgIpc) is 2.58. The summed E-state index contributed by atoms with van der Waals surface area (Å²) < 4.78 is 6.15. The number of hydrogen-bond donors (Lipinski definition) is 2. The Hall–Kier alpha value is -1.85. The summed E-state index contributed by atoms with van der Waals surface area (Å²) in [6, 6.07) is 16.1. The van der Waals surface area contributed by atoms with Crippen LogP contribution in [0.4, 0.5) is 0 Å². The molecule has 0 aliphatic rings. The van der Waals surface area contributed by atoms with Gasteiger partial charge in [-0.3, -0.25) is 4.79 Å². The number of rotatable bonds is 7. The molecule has 0 unspecified atom stereocenters. The van der Waals surface area contributed by atoms with Crippen LogP contribution in [0, 0.1) is 0 Å². The van der Waals surface area contributed by atoms with E-state index in [1.807, 2.05) is 53.8 Å². The number of nitrogens with one attached hydrogen (secondary N) is 1. The molecular weight excluding hydrogens is 356 g/mol. The molecule has 0 saturated heterocycles. The molecule has 2 aromatic carbocycles. The maximum atomic E-state index is 11.9. The Morgan fingerprint density at radius 2 is 2.00 bits per heavy atom. The summed E-state index contributed by atoms with van der Waals surface area (Å²) in [5, 5.41) is 4.96. The molecular formula is C18H22BrN2O2+. The lowest BCUT2D eigenvalue weighted by Gasteiger charge is -2.13. The Bertz CT molecular complexity index is 647. The highest BCUT2D eigenvalue weighted by Gasteiger charge is 2.13. The van der Waals surface area contributed by atoms with E-state index in [1.54, 1.807) is 7.11 Å². The van der Waals surface area contributed by atoms with Crippen LogP contribution in [0.25, 0.3) is 0 Å². The predicted molar refractivity (Wildman–Crippen MR) is 94.2 cm³/mol. The van der Waals surface area contributed by atoms with Crippen molar-refractivity contribution in [2.45, 2.75) is 19.5 Å². The quantitative estimate of drug-likeness (QED) is 0.778. The molecule has 1 amide bonds. The Labute approximate surface area is 145 Å². The summed E-state index contributed by atoms with van der Waals surface area (Å²) in [6.07, 6.45) is 0. The zero-order valence-corrected chi connectivity index (χ0v) is 15.0. The molecule has 0 aromatic heterocycles. The van der Waals surface area contributed by atoms with Crippen molar-refractivity contribution in [2.75, 3.05) is 13.7 Å². The number of amides is 1. The normalized spacial score (nSPS) is 11.8. The molecule has 0 saturated carbocycles. The van der Waals surface area contributed by atoms with Gasteiger partial charge in [0, 0.05) is 12.1 Å². The fourth-order valence-electron chi connectivity index (χ4n) is 2.25. The molecule has 3 N–H and O–H groups in total. The van der Waals surface area contributed by atoms with Gasteiger partial charge in [-0.15, -0.1) is 0 Å². The van der Waals surface area contributed by atoms with Gasteiger partial charge in [0.2, 0.25) is 0 Å². The Morgan fingerprint density at radius 1 is 1.26 bits per heavy atom. The van der Waals surface area contributed by atoms with E-state index in [4.69, 9.17) is 4.74 Å². The van der Waals surface area contributed by atoms with Gasteiger partial charge in [-0.05, 0) is 46.6 Å². The molecule has 122 valence electrons. The summed E-state index contributed by atoms with van der Waals surface area (Å²) in [5.74, 6) is 0.842. The van der Waals surface area contributed by atoms with Gasteiger partial charge in [0.15, 0.2) is 6.54 Å². The summed E-state index contributed by atoms with van der Waals surface area (Å²) in [5.41, 5.74) is 2.25. The molecule has 0 spiro atoms. The van der Waals surface area contributed by atoms with Gasteiger partial charge < -0.3 is 15.4 Å². The fourth-order valence-corrected chi connectivity index (χ4v) is 2.81. The second kappa shape index (κ2) is 8.70. The minimum Gasteiger partial charge on any atom is -0.496 e. The molecule has 0 aliphatic carbocycles. The van der Waals surface area contributed by atoms with Crippen molar-refractivity contribution < 1.29 is 14.8 Å². The summed E-state index contributed by atoms with van der Waals surface area (Å²) in [4.78, 5) is 11.9. The van der Waals surface area contributed by atoms with E-state index < -0.39 is 0 Å². The lowest BCUT2D eigenvalue weighted by Crippen LogP contribution is -2.87. The number of carbonyl (C=O) groups excluding carboxylic acids is 1. The number of methoxy groups -OCH3 is 1. The van der Waals surface area contributed by atoms with Gasteiger partial charge in [0.05, 0.1) is 11.6 Å². The van der Waals surface area contributed by atoms with Gasteiger partial charge in [-0.1, -0.05) is 30.3 Å². The molecule has 0 radical (unpaired) electrons. The minimum atomic E-state index is 0.0354. The van der Waals surface area contributed by atoms with E-state index in [-0.39, 0.29) is 11.9 Å². The molecule has 0 fully saturated rings. The van der Waals surface area contributed by atoms with E-state index in [2.05, 4.69) is 28.2 Å². The Kier molecular flexibility index (Phi) is 6.62. The maximum Gasteiger partial charge on any atom is 0.275 e. The first-order valence-corrected chi connectivity index (χ1v) is 8.37. The van der Waals surface area contributed by atoms with Crippen LogP contribution in [0.3, 0.4) is 0 Å². The zero-order valence-electron chi connectivity index (χ0n) is 13.4. The van der Waals surface area contributed by atoms with E-state index in [0.29, 0.717) is 13.1 Å². The van der Waals surface area contributed by atoms with Gasteiger partial charge >= 0.3 is 0 Å². The van der Waals surface area contributed by atoms with Crippen molar-refractivity contribution in [3.8, 4) is 5.75 Å². The highest BCUT2D eigenvalue weighted by atomic mass is 79.9. The molecule has 4 nitrogen and oxygen atoms in total. The third kappa shape index (κ3) is 5.37. The molecule has 0 bridgehead atoms. The topological polar surface area (TPSA) is 54.9 Å². The molecule has 1 atom stereocenters. The number of quaternary nitrogens is 1. The van der Waals surface area contributed by atoms with Crippen LogP contribution in [0.1, 0.15) is 24.1 Å². The van der Waals surface area contributed by atoms with E-state index in [9.17, 15) is 4.79 Å². The predicted octanol–water partition coefficient (Wildman–Crippen LogP) is 2.40. The largest absolute Gasteiger partial charge is 0.496 e. The van der Waals surface area contributed by atoms with Crippen LogP contribution in [-0.2, 0) is 11.3 Å². The SMILES string of the molecule is COc1ccc([C@@H](C)[NH2+]CC(=O)NCc2ccccc2)cc1Br. The molecule has 23 heavy (non-hydrogen) atoms. The van der Waals surface area contributed by atoms with Crippen LogP contribution < -0.4 is 15.4 Å². The number of benzene rings is 2. The van der Waals surface area contributed by atoms with Crippen LogP contribution >= 0.6 is 15.9 Å². The number of ether oxygens (including phenoxy) is 1. The lowest BCUT2D eigenvalue weighted by atomic mass is 10.1. The number of halogens is 1. The molecule has 2 rings (SSSR count). The summed E-state index contributed by atoms with van der Waals surface area (Å²) >= 11 is 3.49. The standard InChI is InChI=1S/C18H21BrN2O2/c1-13(15-8-9-17(23-2)16(19)10-15)20-12-18(22)21-11-14-6-4-3-5-7-14/h3-10,13,20H,11-12H2,1-2H3,(H,21,22)/p+1/t13-/m1/s1. The maximum absolute atomic E-state index is 11.9. The first-order chi connectivity index (χ1) is 11.1. The van der Waals surface area contributed by atoms with E-state index in [0.717, 1.165) is 21.3 Å². The Balaban J connectivity index is 1.80. The molecule has 2 aromatic rings. The van der Waals surface area contributed by atoms with Gasteiger partial charge in [-0.2, -0.15) is 0 Å². The third-order valence-electron chi connectivity index (χ3n) is 3.69. The zero-order chi connectivity index (χ0) is 16.7. The first-order valence-electron chi connectivity index (χ1n) is 7.57. The first kappa shape index (κ1) is 17.5. The highest BCUT2D eigenvalue weighted by Crippen LogP contribution is 2.26. The lowest BCUT2D eigenvalue weighted by molar-refractivity contribution is -0.682. The van der Waals surface area contributed by atoms with Crippen molar-refractivity contribution in [3.63, 3.8) is 0 Å². The van der Waals surface area contributed by atoms with Crippen molar-refractivity contribution in [1.29, 1.82) is 0 Å². The number of carbonyl (C=O) groups is 1. The van der Waals surface area contributed by atoms with Gasteiger partial charge in [-0.25, -0.2) is 0 Å². The second-order valence-electron chi connectivity index (χ2n) is 5.38. The molecule has 0 aliphatic heterocycles. The Morgan fingerprint density at radius 3 is 2.65 bits per heavy atom. The average molecular weight is 378 g/mol. The number of nitrogens with two attached hydrogens (primary N) is 1. The van der Waals surface area contributed by atoms with Crippen LogP contribution in [-0.4, -0.2) is 19.6 Å². The molecule has 0 heterocycles. The fraction of sp³-hybridized carbons (Fsp3) is 0.278. The van der Waals surface area contributed by atoms with Crippen molar-refractivity contribution in [3.05, 3.63) is 64.1 Å². The van der Waals surface area contributed by atoms with Crippen molar-refractivity contribution >= 4 is 21.8 Å². The van der Waals surface area contributed by atoms with Gasteiger partial charge in [0.1, 0.15) is 11.8 Å².